The van der Waals surface area contributed by atoms with Crippen LogP contribution in [0.4, 0.5) is 26.2 Å². The number of phenols is 1. The van der Waals surface area contributed by atoms with E-state index in [-0.39, 0.29) is 41.4 Å². The van der Waals surface area contributed by atoms with Crippen molar-refractivity contribution in [2.24, 2.45) is 28.5 Å². The van der Waals surface area contributed by atoms with E-state index in [1.54, 1.807) is 35.2 Å². The van der Waals surface area contributed by atoms with Crippen molar-refractivity contribution in [3.63, 3.8) is 0 Å². The number of imide groups is 1. The monoisotopic (exact) mass is 912 g/mol. The Bertz CT molecular complexity index is 2580. The van der Waals surface area contributed by atoms with E-state index in [0.717, 1.165) is 80.8 Å². The van der Waals surface area contributed by atoms with Crippen molar-refractivity contribution in [2.45, 2.75) is 108 Å². The molecule has 11 rings (SSSR count). The van der Waals surface area contributed by atoms with E-state index in [9.17, 15) is 14.7 Å². The van der Waals surface area contributed by atoms with Crippen molar-refractivity contribution in [3.05, 3.63) is 95.5 Å². The smallest absolute Gasteiger partial charge is 0.328 e. The number of phenolic OH excluding ortho intramolecular Hbond substituents is 1. The van der Waals surface area contributed by atoms with E-state index < -0.39 is 0 Å². The number of aromatic nitrogens is 2. The Morgan fingerprint density at radius 2 is 1.57 bits per heavy atom. The van der Waals surface area contributed by atoms with E-state index in [1.807, 2.05) is 18.3 Å². The van der Waals surface area contributed by atoms with Crippen LogP contribution in [-0.2, 0) is 4.79 Å². The standard InChI is InChI=1S/C52H66FN11O3/c53-43-10-9-36(64-37-7-8-38(64)31-61(30-37)46(49(55)56)27-44(54)40-3-1-2-4-47(40)65)26-45(43)60-20-13-33(14-21-60)29-59-23-18-52(19-24-59)16-11-35(12-17-52)63-32-42(34-5-6-34)41-25-39(28-57-50(41)63)62-22-15-48(66)58-51(62)67/h1-4,9-10,25-28,32-35,37-38,65H,5-8,11-24,29-31,54-56H2,(H,58,66,67)/b44-27-. The van der Waals surface area contributed by atoms with Crippen molar-refractivity contribution in [3.8, 4) is 5.75 Å². The number of carbonyl (C=O) groups excluding carboxylic acids is 2. The van der Waals surface area contributed by atoms with Crippen LogP contribution in [-0.4, -0.2) is 101 Å². The molecule has 8 N–H and O–H groups in total. The molecule has 4 aromatic rings. The van der Waals surface area contributed by atoms with Crippen LogP contribution in [0.1, 0.15) is 107 Å². The van der Waals surface area contributed by atoms with Gasteiger partial charge in [-0.15, -0.1) is 0 Å². The predicted octanol–water partition coefficient (Wildman–Crippen LogP) is 7.06. The second kappa shape index (κ2) is 17.6. The third-order valence-corrected chi connectivity index (χ3v) is 16.7. The van der Waals surface area contributed by atoms with Crippen molar-refractivity contribution < 1.29 is 19.1 Å². The zero-order valence-electron chi connectivity index (χ0n) is 38.6. The van der Waals surface area contributed by atoms with Crippen LogP contribution >= 0.6 is 0 Å². The highest BCUT2D eigenvalue weighted by molar-refractivity contribution is 6.06. The van der Waals surface area contributed by atoms with Gasteiger partial charge in [0.15, 0.2) is 0 Å². The maximum absolute atomic E-state index is 15.7. The molecule has 2 aliphatic carbocycles. The van der Waals surface area contributed by atoms with Crippen LogP contribution in [0, 0.1) is 17.2 Å². The van der Waals surface area contributed by atoms with Gasteiger partial charge in [-0.2, -0.15) is 0 Å². The molecule has 7 aliphatic rings. The molecule has 14 nitrogen and oxygen atoms in total. The molecule has 0 radical (unpaired) electrons. The van der Waals surface area contributed by atoms with E-state index in [4.69, 9.17) is 22.2 Å². The number of piperidine rings is 2. The molecule has 2 unspecified atom stereocenters. The van der Waals surface area contributed by atoms with Gasteiger partial charge in [-0.05, 0) is 155 Å². The Morgan fingerprint density at radius 1 is 0.836 bits per heavy atom. The van der Waals surface area contributed by atoms with Crippen LogP contribution < -0.4 is 37.2 Å². The number of hydrogen-bond donors (Lipinski definition) is 5. The Balaban J connectivity index is 0.672. The number of pyridine rings is 1. The number of likely N-dealkylation sites (tertiary alicyclic amines) is 2. The Kier molecular flexibility index (Phi) is 11.5. The largest absolute Gasteiger partial charge is 0.507 e. The van der Waals surface area contributed by atoms with Gasteiger partial charge in [-0.3, -0.25) is 15.0 Å². The molecule has 2 aromatic carbocycles. The maximum Gasteiger partial charge on any atom is 0.328 e. The summed E-state index contributed by atoms with van der Waals surface area (Å²) in [6, 6.07) is 15.3. The first-order valence-corrected chi connectivity index (χ1v) is 24.9. The molecule has 2 bridgehead atoms. The van der Waals surface area contributed by atoms with Gasteiger partial charge >= 0.3 is 6.03 Å². The number of rotatable bonds is 10. The molecule has 67 heavy (non-hydrogen) atoms. The molecule has 7 heterocycles. The van der Waals surface area contributed by atoms with Crippen LogP contribution in [0.5, 0.6) is 5.75 Å². The third-order valence-electron chi connectivity index (χ3n) is 16.7. The van der Waals surface area contributed by atoms with Crippen LogP contribution in [0.25, 0.3) is 16.7 Å². The number of para-hydroxylation sites is 1. The predicted molar refractivity (Wildman–Crippen MR) is 261 cm³/mol. The number of aromatic hydroxyl groups is 1. The van der Waals surface area contributed by atoms with Gasteiger partial charge in [0.2, 0.25) is 5.91 Å². The first kappa shape index (κ1) is 43.6. The Hall–Kier alpha value is -5.96. The normalized spacial score (nSPS) is 24.2. The van der Waals surface area contributed by atoms with Crippen molar-refractivity contribution >= 4 is 45.7 Å². The molecule has 2 atom stereocenters. The SMILES string of the molecule is NC(N)=C(/C=C(\N)c1ccccc1O)N1CC2CCC(C1)N2c1ccc(F)c(N2CCC(CN3CCC4(CCC(n5cc(C6CC6)c6cc(N7CCC(=O)NC7=O)cnc65)CC4)CC3)CC2)c1. The topological polar surface area (TPSA) is 178 Å². The fraction of sp³-hybridized carbons (Fsp3) is 0.519. The quantitative estimate of drug-likeness (QED) is 0.103. The number of urea groups is 1. The number of allylic oxidation sites excluding steroid dienone is 1. The highest BCUT2D eigenvalue weighted by atomic mass is 19.1. The second-order valence-corrected chi connectivity index (χ2v) is 20.8. The first-order valence-electron chi connectivity index (χ1n) is 24.9. The molecule has 15 heteroatoms. The van der Waals surface area contributed by atoms with Crippen LogP contribution in [0.15, 0.2) is 78.5 Å². The van der Waals surface area contributed by atoms with Crippen molar-refractivity contribution in [2.75, 3.05) is 67.1 Å². The minimum Gasteiger partial charge on any atom is -0.507 e. The van der Waals surface area contributed by atoms with Gasteiger partial charge in [-0.25, -0.2) is 14.2 Å². The summed E-state index contributed by atoms with van der Waals surface area (Å²) in [7, 11) is 0. The number of nitrogens with two attached hydrogens (primary N) is 3. The summed E-state index contributed by atoms with van der Waals surface area (Å²) in [5.41, 5.74) is 25.9. The molecule has 7 fully saturated rings. The number of nitrogens with one attached hydrogen (secondary N) is 1. The lowest BCUT2D eigenvalue weighted by Crippen LogP contribution is -2.54. The summed E-state index contributed by atoms with van der Waals surface area (Å²) < 4.78 is 18.1. The van der Waals surface area contributed by atoms with Crippen LogP contribution in [0.2, 0.25) is 0 Å². The number of anilines is 3. The minimum atomic E-state index is -0.365. The molecule has 2 aromatic heterocycles. The van der Waals surface area contributed by atoms with Crippen LogP contribution in [0.3, 0.4) is 0 Å². The number of fused-ring (bicyclic) bond motifs is 3. The highest BCUT2D eigenvalue weighted by Gasteiger charge is 2.42. The van der Waals surface area contributed by atoms with Crippen molar-refractivity contribution in [1.29, 1.82) is 0 Å². The molecule has 5 aliphatic heterocycles. The molecule has 3 amide bonds. The lowest BCUT2D eigenvalue weighted by Gasteiger charge is -2.47. The molecule has 5 saturated heterocycles. The fourth-order valence-electron chi connectivity index (χ4n) is 12.8. The number of halogens is 1. The number of carbonyl (C=O) groups is 2. The summed E-state index contributed by atoms with van der Waals surface area (Å²) in [5.74, 6) is 1.09. The van der Waals surface area contributed by atoms with Gasteiger partial charge in [0.25, 0.3) is 0 Å². The van der Waals surface area contributed by atoms with Gasteiger partial charge in [0, 0.05) is 92.3 Å². The molecule has 2 saturated carbocycles. The van der Waals surface area contributed by atoms with E-state index in [0.29, 0.717) is 72.0 Å². The summed E-state index contributed by atoms with van der Waals surface area (Å²) in [5, 5.41) is 14.0. The number of hydrogen-bond acceptors (Lipinski definition) is 11. The van der Waals surface area contributed by atoms with Gasteiger partial charge in [0.05, 0.1) is 23.3 Å². The lowest BCUT2D eigenvalue weighted by molar-refractivity contribution is -0.120. The summed E-state index contributed by atoms with van der Waals surface area (Å²) in [6.07, 6.45) is 20.2. The summed E-state index contributed by atoms with van der Waals surface area (Å²) in [6.45, 7) is 6.97. The minimum absolute atomic E-state index is 0.104. The zero-order chi connectivity index (χ0) is 46.0. The van der Waals surface area contributed by atoms with E-state index >= 15 is 4.39 Å². The summed E-state index contributed by atoms with van der Waals surface area (Å²) >= 11 is 0. The van der Waals surface area contributed by atoms with Gasteiger partial charge < -0.3 is 46.5 Å². The number of amides is 3. The van der Waals surface area contributed by atoms with E-state index in [2.05, 4.69) is 47.8 Å². The first-order chi connectivity index (χ1) is 32.5. The third kappa shape index (κ3) is 8.52. The highest BCUT2D eigenvalue weighted by Crippen LogP contribution is 2.50. The molecular formula is C52H66FN11O3. The summed E-state index contributed by atoms with van der Waals surface area (Å²) in [4.78, 5) is 40.7. The Labute approximate surface area is 392 Å². The molecule has 1 spiro atoms. The number of benzene rings is 2. The Morgan fingerprint density at radius 3 is 2.25 bits per heavy atom. The molecular weight excluding hydrogens is 846 g/mol. The van der Waals surface area contributed by atoms with Gasteiger partial charge in [-0.1, -0.05) is 12.1 Å². The van der Waals surface area contributed by atoms with Gasteiger partial charge in [0.1, 0.15) is 23.0 Å². The number of piperazine rings is 1. The average molecular weight is 912 g/mol. The second-order valence-electron chi connectivity index (χ2n) is 20.8. The number of nitrogens with zero attached hydrogens (tertiary/aromatic N) is 7. The zero-order valence-corrected chi connectivity index (χ0v) is 38.6. The lowest BCUT2D eigenvalue weighted by atomic mass is 9.67. The maximum atomic E-state index is 15.7. The van der Waals surface area contributed by atoms with E-state index in [1.165, 1.54) is 56.9 Å². The average Bonchev–Trinajstić information content (AvgIpc) is 4.05. The molecule has 354 valence electrons. The van der Waals surface area contributed by atoms with Crippen molar-refractivity contribution in [1.82, 2.24) is 24.7 Å². The fourth-order valence-corrected chi connectivity index (χ4v) is 12.8.